The van der Waals surface area contributed by atoms with Crippen molar-refractivity contribution in [1.29, 1.82) is 0 Å². The summed E-state index contributed by atoms with van der Waals surface area (Å²) in [6.45, 7) is 5.69. The summed E-state index contributed by atoms with van der Waals surface area (Å²) in [6.07, 6.45) is -0.0687. The SMILES string of the molecule is C[C@H]1OCCN[C@@H]1C(=O)NCCN(C)Cc1ccccc1.Cl.Cl. The van der Waals surface area contributed by atoms with E-state index >= 15 is 0 Å². The molecule has 1 aromatic rings. The van der Waals surface area contributed by atoms with Crippen molar-refractivity contribution in [2.75, 3.05) is 33.3 Å². The van der Waals surface area contributed by atoms with Crippen molar-refractivity contribution in [2.24, 2.45) is 0 Å². The van der Waals surface area contributed by atoms with Gasteiger partial charge >= 0.3 is 0 Å². The highest BCUT2D eigenvalue weighted by Gasteiger charge is 2.27. The number of carbonyl (C=O) groups is 1. The number of halogens is 2. The van der Waals surface area contributed by atoms with Gasteiger partial charge in [-0.25, -0.2) is 0 Å². The average molecular weight is 364 g/mol. The minimum absolute atomic E-state index is 0. The number of rotatable bonds is 6. The van der Waals surface area contributed by atoms with Crippen molar-refractivity contribution < 1.29 is 9.53 Å². The second kappa shape index (κ2) is 11.6. The van der Waals surface area contributed by atoms with Gasteiger partial charge in [0.2, 0.25) is 5.91 Å². The first-order valence-electron chi connectivity index (χ1n) is 7.52. The van der Waals surface area contributed by atoms with Crippen LogP contribution in [0, 0.1) is 0 Å². The third-order valence-electron chi connectivity index (χ3n) is 3.69. The van der Waals surface area contributed by atoms with Gasteiger partial charge in [-0.1, -0.05) is 30.3 Å². The summed E-state index contributed by atoms with van der Waals surface area (Å²) in [5.41, 5.74) is 1.28. The maximum absolute atomic E-state index is 12.1. The maximum Gasteiger partial charge on any atom is 0.239 e. The lowest BCUT2D eigenvalue weighted by atomic mass is 10.1. The molecule has 0 saturated carbocycles. The highest BCUT2D eigenvalue weighted by Crippen LogP contribution is 2.04. The van der Waals surface area contributed by atoms with Crippen LogP contribution in [0.3, 0.4) is 0 Å². The van der Waals surface area contributed by atoms with Gasteiger partial charge in [0.05, 0.1) is 12.7 Å². The number of hydrogen-bond acceptors (Lipinski definition) is 4. The van der Waals surface area contributed by atoms with Crippen LogP contribution in [0.1, 0.15) is 12.5 Å². The number of morpholine rings is 1. The zero-order chi connectivity index (χ0) is 15.1. The first-order valence-corrected chi connectivity index (χ1v) is 7.52. The molecule has 0 aliphatic carbocycles. The Balaban J connectivity index is 0.00000242. The molecule has 0 aromatic heterocycles. The molecular formula is C16H27Cl2N3O2. The van der Waals surface area contributed by atoms with Crippen LogP contribution in [0.5, 0.6) is 0 Å². The number of likely N-dealkylation sites (N-methyl/N-ethyl adjacent to an activating group) is 1. The van der Waals surface area contributed by atoms with E-state index in [9.17, 15) is 4.79 Å². The second-order valence-corrected chi connectivity index (χ2v) is 5.52. The normalized spacial score (nSPS) is 20.3. The van der Waals surface area contributed by atoms with Crippen molar-refractivity contribution in [2.45, 2.75) is 25.6 Å². The van der Waals surface area contributed by atoms with Gasteiger partial charge < -0.3 is 20.3 Å². The second-order valence-electron chi connectivity index (χ2n) is 5.52. The van der Waals surface area contributed by atoms with E-state index < -0.39 is 0 Å². The standard InChI is InChI=1S/C16H25N3O2.2ClH/c1-13-15(17-9-11-21-13)16(20)18-8-10-19(2)12-14-6-4-3-5-7-14;;/h3-7,13,15,17H,8-12H2,1-2H3,(H,18,20);2*1H/t13-,15+;;/m1../s1. The number of amides is 1. The summed E-state index contributed by atoms with van der Waals surface area (Å²) in [5, 5.41) is 6.17. The highest BCUT2D eigenvalue weighted by atomic mass is 35.5. The zero-order valence-corrected chi connectivity index (χ0v) is 15.3. The summed E-state index contributed by atoms with van der Waals surface area (Å²) in [7, 11) is 2.06. The predicted octanol–water partition coefficient (Wildman–Crippen LogP) is 1.46. The molecule has 23 heavy (non-hydrogen) atoms. The topological polar surface area (TPSA) is 53.6 Å². The van der Waals surface area contributed by atoms with Crippen LogP contribution >= 0.6 is 24.8 Å². The number of benzene rings is 1. The fourth-order valence-electron chi connectivity index (χ4n) is 2.48. The van der Waals surface area contributed by atoms with Crippen LogP contribution in [-0.4, -0.2) is 56.2 Å². The van der Waals surface area contributed by atoms with E-state index in [0.717, 1.165) is 19.6 Å². The van der Waals surface area contributed by atoms with Gasteiger partial charge in [-0.2, -0.15) is 0 Å². The van der Waals surface area contributed by atoms with E-state index in [-0.39, 0.29) is 42.9 Å². The summed E-state index contributed by atoms with van der Waals surface area (Å²) < 4.78 is 5.48. The van der Waals surface area contributed by atoms with E-state index in [0.29, 0.717) is 13.2 Å². The average Bonchev–Trinajstić information content (AvgIpc) is 2.48. The van der Waals surface area contributed by atoms with Crippen molar-refractivity contribution >= 4 is 30.7 Å². The summed E-state index contributed by atoms with van der Waals surface area (Å²) >= 11 is 0. The molecule has 7 heteroatoms. The number of nitrogens with zero attached hydrogens (tertiary/aromatic N) is 1. The monoisotopic (exact) mass is 363 g/mol. The van der Waals surface area contributed by atoms with Crippen LogP contribution < -0.4 is 10.6 Å². The number of ether oxygens (including phenoxy) is 1. The van der Waals surface area contributed by atoms with E-state index in [1.807, 2.05) is 25.1 Å². The van der Waals surface area contributed by atoms with Gasteiger partial charge in [-0.3, -0.25) is 4.79 Å². The number of hydrogen-bond donors (Lipinski definition) is 2. The molecule has 2 rings (SSSR count). The summed E-state index contributed by atoms with van der Waals surface area (Å²) in [4.78, 5) is 14.3. The molecule has 5 nitrogen and oxygen atoms in total. The fourth-order valence-corrected chi connectivity index (χ4v) is 2.48. The summed E-state index contributed by atoms with van der Waals surface area (Å²) in [6, 6.07) is 10.1. The minimum atomic E-state index is -0.238. The van der Waals surface area contributed by atoms with Gasteiger partial charge in [0.1, 0.15) is 6.04 Å². The van der Waals surface area contributed by atoms with Crippen molar-refractivity contribution in [3.05, 3.63) is 35.9 Å². The third kappa shape index (κ3) is 7.50. The molecule has 132 valence electrons. The highest BCUT2D eigenvalue weighted by molar-refractivity contribution is 5.85. The van der Waals surface area contributed by atoms with Crippen molar-refractivity contribution in [3.63, 3.8) is 0 Å². The van der Waals surface area contributed by atoms with Gasteiger partial charge in [0.15, 0.2) is 0 Å². The third-order valence-corrected chi connectivity index (χ3v) is 3.69. The van der Waals surface area contributed by atoms with E-state index in [1.54, 1.807) is 0 Å². The predicted molar refractivity (Wildman–Crippen MR) is 97.5 cm³/mol. The van der Waals surface area contributed by atoms with Gasteiger partial charge in [-0.05, 0) is 19.5 Å². The molecule has 2 atom stereocenters. The number of carbonyl (C=O) groups excluding carboxylic acids is 1. The Hall–Kier alpha value is -0.850. The van der Waals surface area contributed by atoms with Crippen LogP contribution in [0.2, 0.25) is 0 Å². The molecule has 1 aliphatic rings. The molecule has 1 saturated heterocycles. The van der Waals surface area contributed by atoms with Crippen LogP contribution in [0.15, 0.2) is 30.3 Å². The first-order chi connectivity index (χ1) is 10.2. The molecular weight excluding hydrogens is 337 g/mol. The molecule has 0 unspecified atom stereocenters. The smallest absolute Gasteiger partial charge is 0.239 e. The lowest BCUT2D eigenvalue weighted by Gasteiger charge is -2.29. The molecule has 1 heterocycles. The maximum atomic E-state index is 12.1. The number of nitrogens with one attached hydrogen (secondary N) is 2. The molecule has 0 bridgehead atoms. The fraction of sp³-hybridized carbons (Fsp3) is 0.562. The Morgan fingerprint density at radius 1 is 1.35 bits per heavy atom. The van der Waals surface area contributed by atoms with Crippen molar-refractivity contribution in [3.8, 4) is 0 Å². The Morgan fingerprint density at radius 3 is 2.70 bits per heavy atom. The Bertz CT molecular complexity index is 448. The molecule has 0 radical (unpaired) electrons. The molecule has 1 aliphatic heterocycles. The minimum Gasteiger partial charge on any atom is -0.375 e. The Morgan fingerprint density at radius 2 is 2.04 bits per heavy atom. The largest absolute Gasteiger partial charge is 0.375 e. The van der Waals surface area contributed by atoms with Gasteiger partial charge in [0.25, 0.3) is 0 Å². The molecule has 0 spiro atoms. The van der Waals surface area contributed by atoms with E-state index in [4.69, 9.17) is 4.74 Å². The van der Waals surface area contributed by atoms with Gasteiger partial charge in [0, 0.05) is 26.2 Å². The Labute approximate surface area is 151 Å². The molecule has 1 aromatic carbocycles. The van der Waals surface area contributed by atoms with Crippen LogP contribution in [0.4, 0.5) is 0 Å². The molecule has 2 N–H and O–H groups in total. The first kappa shape index (κ1) is 22.1. The summed E-state index contributed by atoms with van der Waals surface area (Å²) in [5.74, 6) is 0.0234. The molecule has 1 amide bonds. The van der Waals surface area contributed by atoms with E-state index in [1.165, 1.54) is 5.56 Å². The quantitative estimate of drug-likeness (QED) is 0.803. The molecule has 1 fully saturated rings. The lowest BCUT2D eigenvalue weighted by Crippen LogP contribution is -2.56. The Kier molecular flexibility index (Phi) is 11.2. The lowest BCUT2D eigenvalue weighted by molar-refractivity contribution is -0.128. The zero-order valence-electron chi connectivity index (χ0n) is 13.7. The van der Waals surface area contributed by atoms with Crippen molar-refractivity contribution in [1.82, 2.24) is 15.5 Å². The van der Waals surface area contributed by atoms with Gasteiger partial charge in [-0.15, -0.1) is 24.8 Å². The van der Waals surface area contributed by atoms with Crippen LogP contribution in [-0.2, 0) is 16.1 Å². The van der Waals surface area contributed by atoms with Crippen LogP contribution in [0.25, 0.3) is 0 Å². The van der Waals surface area contributed by atoms with E-state index in [2.05, 4.69) is 34.7 Å².